The van der Waals surface area contributed by atoms with Crippen LogP contribution >= 0.6 is 0 Å². The zero-order chi connectivity index (χ0) is 29.3. The van der Waals surface area contributed by atoms with Crippen molar-refractivity contribution >= 4 is 23.6 Å². The number of fused-ring (bicyclic) bond motifs is 1. The molecule has 3 aromatic heterocycles. The molecule has 0 fully saturated rings. The standard InChI is InChI=1S/C28H31FN8O4/c1-16-13-31-28(33-24-5-6-32-35(24)3)34-25(16)19-11-22-27(40)37(8-7-36(22)15-19)17(2)26(39)30-14-23(38)18-9-20(29)12-21(10-18)41-4/h5-6,9-13,15,17,23,38H,7-8,14H2,1-4H3,(H,30,39)(H,31,33,34)/t17-,23-/m1/s1. The van der Waals surface area contributed by atoms with Gasteiger partial charge in [-0.3, -0.25) is 14.3 Å². The van der Waals surface area contributed by atoms with Crippen molar-refractivity contribution in [3.05, 3.63) is 71.6 Å². The number of carbonyl (C=O) groups excluding carboxylic acids is 2. The highest BCUT2D eigenvalue weighted by atomic mass is 19.1. The van der Waals surface area contributed by atoms with Gasteiger partial charge < -0.3 is 29.9 Å². The number of rotatable bonds is 9. The number of aromatic nitrogens is 5. The third-order valence-electron chi connectivity index (χ3n) is 7.09. The van der Waals surface area contributed by atoms with E-state index in [1.54, 1.807) is 30.1 Å². The number of nitrogens with zero attached hydrogens (tertiary/aromatic N) is 6. The van der Waals surface area contributed by atoms with Crippen molar-refractivity contribution in [3.8, 4) is 17.0 Å². The fourth-order valence-corrected chi connectivity index (χ4v) is 4.74. The fraction of sp³-hybridized carbons (Fsp3) is 0.321. The van der Waals surface area contributed by atoms with E-state index in [0.717, 1.165) is 16.9 Å². The van der Waals surface area contributed by atoms with Gasteiger partial charge in [0.15, 0.2) is 0 Å². The number of carbonyl (C=O) groups is 2. The number of nitrogens with one attached hydrogen (secondary N) is 2. The van der Waals surface area contributed by atoms with Crippen LogP contribution in [0.25, 0.3) is 11.3 Å². The quantitative estimate of drug-likeness (QED) is 0.283. The number of aliphatic hydroxyl groups is 1. The third-order valence-corrected chi connectivity index (χ3v) is 7.09. The van der Waals surface area contributed by atoms with Gasteiger partial charge in [0.25, 0.3) is 5.91 Å². The van der Waals surface area contributed by atoms with E-state index < -0.39 is 23.9 Å². The minimum absolute atomic E-state index is 0.152. The Morgan fingerprint density at radius 1 is 1.24 bits per heavy atom. The number of methoxy groups -OCH3 is 1. The normalized spacial score (nSPS) is 14.4. The van der Waals surface area contributed by atoms with Gasteiger partial charge in [0.05, 0.1) is 25.1 Å². The van der Waals surface area contributed by atoms with Gasteiger partial charge in [-0.25, -0.2) is 14.4 Å². The topological polar surface area (TPSA) is 139 Å². The third kappa shape index (κ3) is 5.75. The summed E-state index contributed by atoms with van der Waals surface area (Å²) in [5.74, 6) is 0.113. The van der Waals surface area contributed by atoms with Crippen LogP contribution in [0.15, 0.2) is 48.9 Å². The van der Waals surface area contributed by atoms with E-state index in [4.69, 9.17) is 4.74 Å². The summed E-state index contributed by atoms with van der Waals surface area (Å²) < 4.78 is 22.4. The molecule has 4 heterocycles. The molecule has 0 bridgehead atoms. The molecule has 0 radical (unpaired) electrons. The van der Waals surface area contributed by atoms with E-state index in [-0.39, 0.29) is 23.8 Å². The first kappa shape index (κ1) is 27.8. The number of amides is 2. The Balaban J connectivity index is 1.27. The molecule has 0 unspecified atom stereocenters. The molecular weight excluding hydrogens is 531 g/mol. The average Bonchev–Trinajstić information content (AvgIpc) is 3.58. The molecule has 2 atom stereocenters. The van der Waals surface area contributed by atoms with Crippen LogP contribution in [0.1, 0.15) is 34.6 Å². The first-order valence-corrected chi connectivity index (χ1v) is 13.0. The molecule has 5 rings (SSSR count). The minimum Gasteiger partial charge on any atom is -0.497 e. The van der Waals surface area contributed by atoms with Gasteiger partial charge in [-0.05, 0) is 43.2 Å². The summed E-state index contributed by atoms with van der Waals surface area (Å²) in [4.78, 5) is 36.9. The molecule has 4 aromatic rings. The van der Waals surface area contributed by atoms with Gasteiger partial charge in [0.2, 0.25) is 11.9 Å². The maximum atomic E-state index is 13.8. The van der Waals surface area contributed by atoms with E-state index in [0.29, 0.717) is 30.4 Å². The number of aryl methyl sites for hydroxylation is 2. The maximum absolute atomic E-state index is 13.8. The van der Waals surface area contributed by atoms with E-state index in [1.807, 2.05) is 30.8 Å². The largest absolute Gasteiger partial charge is 0.497 e. The van der Waals surface area contributed by atoms with Crippen LogP contribution in [0, 0.1) is 12.7 Å². The predicted octanol–water partition coefficient (Wildman–Crippen LogP) is 2.57. The highest BCUT2D eigenvalue weighted by Gasteiger charge is 2.32. The van der Waals surface area contributed by atoms with Gasteiger partial charge in [-0.15, -0.1) is 0 Å². The molecule has 2 amide bonds. The summed E-state index contributed by atoms with van der Waals surface area (Å²) in [6.45, 7) is 4.20. The molecule has 0 aliphatic carbocycles. The average molecular weight is 563 g/mol. The molecule has 0 spiro atoms. The van der Waals surface area contributed by atoms with E-state index in [1.165, 1.54) is 30.2 Å². The second kappa shape index (κ2) is 11.4. The molecule has 1 aliphatic rings. The van der Waals surface area contributed by atoms with Crippen LogP contribution < -0.4 is 15.4 Å². The molecular formula is C28H31FN8O4. The number of halogens is 1. The van der Waals surface area contributed by atoms with Crippen molar-refractivity contribution in [3.63, 3.8) is 0 Å². The van der Waals surface area contributed by atoms with Crippen LogP contribution in [-0.2, 0) is 18.4 Å². The second-order valence-electron chi connectivity index (χ2n) is 9.86. The Kier molecular flexibility index (Phi) is 7.70. The molecule has 0 saturated carbocycles. The predicted molar refractivity (Wildman–Crippen MR) is 148 cm³/mol. The monoisotopic (exact) mass is 562 g/mol. The van der Waals surface area contributed by atoms with Gasteiger partial charge in [-0.1, -0.05) is 0 Å². The zero-order valence-electron chi connectivity index (χ0n) is 23.1. The van der Waals surface area contributed by atoms with Gasteiger partial charge in [0.1, 0.15) is 29.1 Å². The first-order chi connectivity index (χ1) is 19.6. The smallest absolute Gasteiger partial charge is 0.271 e. The summed E-state index contributed by atoms with van der Waals surface area (Å²) in [7, 11) is 3.21. The number of hydrogen-bond acceptors (Lipinski definition) is 8. The van der Waals surface area contributed by atoms with E-state index >= 15 is 0 Å². The first-order valence-electron chi connectivity index (χ1n) is 13.0. The Labute approximate surface area is 235 Å². The highest BCUT2D eigenvalue weighted by Crippen LogP contribution is 2.28. The molecule has 214 valence electrons. The van der Waals surface area contributed by atoms with Crippen molar-refractivity contribution in [1.82, 2.24) is 34.5 Å². The van der Waals surface area contributed by atoms with Crippen molar-refractivity contribution < 1.29 is 23.8 Å². The van der Waals surface area contributed by atoms with Crippen molar-refractivity contribution in [2.45, 2.75) is 32.5 Å². The summed E-state index contributed by atoms with van der Waals surface area (Å²) >= 11 is 0. The van der Waals surface area contributed by atoms with Crippen molar-refractivity contribution in [1.29, 1.82) is 0 Å². The van der Waals surface area contributed by atoms with Crippen LogP contribution in [0.3, 0.4) is 0 Å². The Hall–Kier alpha value is -4.78. The lowest BCUT2D eigenvalue weighted by Crippen LogP contribution is -2.52. The maximum Gasteiger partial charge on any atom is 0.271 e. The Bertz CT molecular complexity index is 1600. The zero-order valence-corrected chi connectivity index (χ0v) is 23.1. The number of anilines is 2. The SMILES string of the molecule is COc1cc(F)cc([C@H](O)CNC(=O)[C@@H](C)N2CCn3cc(-c4nc(Nc5ccnn5C)ncc4C)cc3C2=O)c1. The Morgan fingerprint density at radius 3 is 2.78 bits per heavy atom. The molecule has 41 heavy (non-hydrogen) atoms. The lowest BCUT2D eigenvalue weighted by molar-refractivity contribution is -0.125. The van der Waals surface area contributed by atoms with Crippen LogP contribution in [0.2, 0.25) is 0 Å². The molecule has 0 saturated heterocycles. The molecule has 3 N–H and O–H groups in total. The summed E-state index contributed by atoms with van der Waals surface area (Å²) in [5.41, 5.74) is 2.99. The van der Waals surface area contributed by atoms with E-state index in [9.17, 15) is 19.1 Å². The fourth-order valence-electron chi connectivity index (χ4n) is 4.74. The molecule has 1 aliphatic heterocycles. The molecule has 12 nitrogen and oxygen atoms in total. The van der Waals surface area contributed by atoms with Gasteiger partial charge >= 0.3 is 0 Å². The van der Waals surface area contributed by atoms with Crippen LogP contribution in [0.4, 0.5) is 16.2 Å². The van der Waals surface area contributed by atoms with Crippen LogP contribution in [-0.4, -0.2) is 72.4 Å². The second-order valence-corrected chi connectivity index (χ2v) is 9.86. The van der Waals surface area contributed by atoms with Crippen molar-refractivity contribution in [2.75, 3.05) is 25.5 Å². The molecule has 13 heteroatoms. The Morgan fingerprint density at radius 2 is 2.05 bits per heavy atom. The van der Waals surface area contributed by atoms with E-state index in [2.05, 4.69) is 25.7 Å². The van der Waals surface area contributed by atoms with Crippen LogP contribution in [0.5, 0.6) is 5.75 Å². The lowest BCUT2D eigenvalue weighted by atomic mass is 10.1. The summed E-state index contributed by atoms with van der Waals surface area (Å²) in [6.07, 6.45) is 4.11. The summed E-state index contributed by atoms with van der Waals surface area (Å²) in [5, 5.41) is 20.4. The summed E-state index contributed by atoms with van der Waals surface area (Å²) in [6, 6.07) is 6.66. The molecule has 1 aromatic carbocycles. The minimum atomic E-state index is -1.15. The highest BCUT2D eigenvalue weighted by molar-refractivity contribution is 5.98. The van der Waals surface area contributed by atoms with Gasteiger partial charge in [0, 0.05) is 56.8 Å². The number of hydrogen-bond donors (Lipinski definition) is 3. The number of aliphatic hydroxyl groups excluding tert-OH is 1. The lowest BCUT2D eigenvalue weighted by Gasteiger charge is -2.32. The van der Waals surface area contributed by atoms with Gasteiger partial charge in [-0.2, -0.15) is 5.10 Å². The van der Waals surface area contributed by atoms with Crippen molar-refractivity contribution in [2.24, 2.45) is 7.05 Å². The number of ether oxygens (including phenoxy) is 1. The number of benzene rings is 1.